The van der Waals surface area contributed by atoms with Gasteiger partial charge >= 0.3 is 0 Å². The van der Waals surface area contributed by atoms with Crippen LogP contribution in [0.2, 0.25) is 0 Å². The zero-order valence-electron chi connectivity index (χ0n) is 14.2. The van der Waals surface area contributed by atoms with Gasteiger partial charge in [0.1, 0.15) is 0 Å². The molecule has 1 N–H and O–H groups in total. The maximum Gasteiger partial charge on any atom is 0.243 e. The molecule has 0 radical (unpaired) electrons. The van der Waals surface area contributed by atoms with Crippen molar-refractivity contribution in [3.05, 3.63) is 52.2 Å². The van der Waals surface area contributed by atoms with E-state index in [2.05, 4.69) is 23.7 Å². The van der Waals surface area contributed by atoms with Crippen molar-refractivity contribution in [1.29, 1.82) is 0 Å². The van der Waals surface area contributed by atoms with Crippen LogP contribution in [0.5, 0.6) is 0 Å². The lowest BCUT2D eigenvalue weighted by atomic mass is 10.1. The lowest BCUT2D eigenvalue weighted by Gasteiger charge is -2.19. The second kappa shape index (κ2) is 9.53. The Bertz CT molecular complexity index is 697. The van der Waals surface area contributed by atoms with E-state index in [1.54, 1.807) is 23.5 Å². The molecule has 0 aliphatic heterocycles. The Morgan fingerprint density at radius 3 is 2.25 bits per heavy atom. The first kappa shape index (κ1) is 21.1. The molecule has 1 heterocycles. The Labute approximate surface area is 155 Å². The molecule has 4 nitrogen and oxygen atoms in total. The minimum Gasteiger partial charge on any atom is -0.305 e. The summed E-state index contributed by atoms with van der Waals surface area (Å²) in [7, 11) is -3.38. The number of nitrogens with one attached hydrogen (secondary N) is 1. The third-order valence-corrected chi connectivity index (χ3v) is 6.83. The molecule has 7 heteroatoms. The van der Waals surface area contributed by atoms with E-state index in [4.69, 9.17) is 0 Å². The molecule has 0 saturated carbocycles. The van der Waals surface area contributed by atoms with Crippen LogP contribution in [-0.2, 0) is 16.6 Å². The highest BCUT2D eigenvalue weighted by Crippen LogP contribution is 2.20. The summed E-state index contributed by atoms with van der Waals surface area (Å²) < 4.78 is 26.4. The molecule has 0 amide bonds. The van der Waals surface area contributed by atoms with Gasteiger partial charge in [0.2, 0.25) is 10.0 Å². The smallest absolute Gasteiger partial charge is 0.243 e. The van der Waals surface area contributed by atoms with E-state index in [9.17, 15) is 8.42 Å². The quantitative estimate of drug-likeness (QED) is 0.742. The number of hydrogen-bond acceptors (Lipinski definition) is 4. The second-order valence-corrected chi connectivity index (χ2v) is 8.31. The van der Waals surface area contributed by atoms with Gasteiger partial charge in [-0.25, -0.2) is 8.42 Å². The summed E-state index contributed by atoms with van der Waals surface area (Å²) in [6, 6.07) is 11.5. The summed E-state index contributed by atoms with van der Waals surface area (Å²) in [6.07, 6.45) is 0. The molecule has 2 rings (SSSR count). The summed E-state index contributed by atoms with van der Waals surface area (Å²) in [5.41, 5.74) is 1.08. The van der Waals surface area contributed by atoms with Gasteiger partial charge in [-0.1, -0.05) is 32.0 Å². The molecule has 0 saturated heterocycles. The molecule has 0 bridgehead atoms. The second-order valence-electron chi connectivity index (χ2n) is 5.34. The summed E-state index contributed by atoms with van der Waals surface area (Å²) in [4.78, 5) is 1.65. The van der Waals surface area contributed by atoms with Crippen molar-refractivity contribution in [1.82, 2.24) is 9.62 Å². The average Bonchev–Trinajstić information content (AvgIpc) is 3.07. The van der Waals surface area contributed by atoms with Crippen molar-refractivity contribution < 1.29 is 8.42 Å². The van der Waals surface area contributed by atoms with Gasteiger partial charge in [0.25, 0.3) is 0 Å². The van der Waals surface area contributed by atoms with E-state index < -0.39 is 10.0 Å². The number of nitrogens with zero attached hydrogens (tertiary/aromatic N) is 1. The highest BCUT2D eigenvalue weighted by Gasteiger charge is 2.21. The predicted octanol–water partition coefficient (Wildman–Crippen LogP) is 4.05. The van der Waals surface area contributed by atoms with Crippen LogP contribution < -0.4 is 5.32 Å². The molecular formula is C17H25ClN2O2S2. The molecule has 1 aromatic heterocycles. The van der Waals surface area contributed by atoms with Gasteiger partial charge in [-0.2, -0.15) is 4.31 Å². The van der Waals surface area contributed by atoms with Gasteiger partial charge in [0.15, 0.2) is 0 Å². The normalized spacial score (nSPS) is 12.8. The third kappa shape index (κ3) is 5.04. The maximum atomic E-state index is 12.5. The van der Waals surface area contributed by atoms with Gasteiger partial charge < -0.3 is 5.32 Å². The Morgan fingerprint density at radius 2 is 1.75 bits per heavy atom. The fourth-order valence-corrected chi connectivity index (χ4v) is 4.54. The summed E-state index contributed by atoms with van der Waals surface area (Å²) in [5, 5.41) is 5.52. The highest BCUT2D eigenvalue weighted by atomic mass is 35.5. The minimum atomic E-state index is -3.38. The Kier molecular flexibility index (Phi) is 8.39. The zero-order chi connectivity index (χ0) is 16.9. The van der Waals surface area contributed by atoms with Gasteiger partial charge in [0.05, 0.1) is 4.90 Å². The number of hydrogen-bond donors (Lipinski definition) is 1. The molecular weight excluding hydrogens is 364 g/mol. The first-order chi connectivity index (χ1) is 11.0. The van der Waals surface area contributed by atoms with Gasteiger partial charge in [-0.3, -0.25) is 0 Å². The number of thiophene rings is 1. The van der Waals surface area contributed by atoms with E-state index in [1.165, 1.54) is 9.18 Å². The van der Waals surface area contributed by atoms with Crippen LogP contribution in [0.4, 0.5) is 0 Å². The number of sulfonamides is 1. The minimum absolute atomic E-state index is 0. The van der Waals surface area contributed by atoms with E-state index in [0.29, 0.717) is 18.0 Å². The van der Waals surface area contributed by atoms with Crippen LogP contribution in [0.1, 0.15) is 37.3 Å². The largest absolute Gasteiger partial charge is 0.305 e. The number of halogens is 1. The van der Waals surface area contributed by atoms with Gasteiger partial charge in [-0.05, 0) is 36.1 Å². The van der Waals surface area contributed by atoms with E-state index in [-0.39, 0.29) is 18.4 Å². The van der Waals surface area contributed by atoms with Crippen LogP contribution in [0, 0.1) is 0 Å². The molecule has 24 heavy (non-hydrogen) atoms. The van der Waals surface area contributed by atoms with Crippen LogP contribution in [0.3, 0.4) is 0 Å². The topological polar surface area (TPSA) is 49.4 Å². The van der Waals surface area contributed by atoms with Crippen LogP contribution in [0.25, 0.3) is 0 Å². The molecule has 1 aromatic carbocycles. The fourth-order valence-electron chi connectivity index (χ4n) is 2.43. The Hall–Kier alpha value is -0.920. The van der Waals surface area contributed by atoms with Crippen LogP contribution >= 0.6 is 23.7 Å². The van der Waals surface area contributed by atoms with Crippen molar-refractivity contribution in [3.63, 3.8) is 0 Å². The van der Waals surface area contributed by atoms with Crippen molar-refractivity contribution in [2.45, 2.75) is 38.3 Å². The van der Waals surface area contributed by atoms with Gasteiger partial charge in [-0.15, -0.1) is 23.7 Å². The first-order valence-electron chi connectivity index (χ1n) is 7.85. The van der Waals surface area contributed by atoms with E-state index in [0.717, 1.165) is 12.1 Å². The van der Waals surface area contributed by atoms with Crippen molar-refractivity contribution in [2.75, 3.05) is 13.1 Å². The molecule has 0 aliphatic carbocycles. The first-order valence-corrected chi connectivity index (χ1v) is 10.2. The molecule has 0 spiro atoms. The lowest BCUT2D eigenvalue weighted by Crippen LogP contribution is -2.30. The average molecular weight is 389 g/mol. The standard InChI is InChI=1S/C17H24N2O2S2.ClH/c1-4-19(5-2)23(20,21)17-10-8-15(9-11-17)14(3)18-13-16-7-6-12-22-16;/h6-12,14,18H,4-5,13H2,1-3H3;1H. The molecule has 0 fully saturated rings. The van der Waals surface area contributed by atoms with Crippen molar-refractivity contribution in [2.24, 2.45) is 0 Å². The van der Waals surface area contributed by atoms with Gasteiger partial charge in [0, 0.05) is 30.6 Å². The number of benzene rings is 1. The Morgan fingerprint density at radius 1 is 1.12 bits per heavy atom. The predicted molar refractivity (Wildman–Crippen MR) is 103 cm³/mol. The number of rotatable bonds is 8. The van der Waals surface area contributed by atoms with Crippen molar-refractivity contribution >= 4 is 33.8 Å². The zero-order valence-corrected chi connectivity index (χ0v) is 16.7. The monoisotopic (exact) mass is 388 g/mol. The SMILES string of the molecule is CCN(CC)S(=O)(=O)c1ccc(C(C)NCc2cccs2)cc1.Cl. The highest BCUT2D eigenvalue weighted by molar-refractivity contribution is 7.89. The molecule has 1 atom stereocenters. The lowest BCUT2D eigenvalue weighted by molar-refractivity contribution is 0.445. The van der Waals surface area contributed by atoms with E-state index >= 15 is 0 Å². The van der Waals surface area contributed by atoms with Crippen LogP contribution in [0.15, 0.2) is 46.7 Å². The summed E-state index contributed by atoms with van der Waals surface area (Å²) in [6.45, 7) is 7.58. The fraction of sp³-hybridized carbons (Fsp3) is 0.412. The summed E-state index contributed by atoms with van der Waals surface area (Å²) >= 11 is 1.73. The van der Waals surface area contributed by atoms with E-state index in [1.807, 2.05) is 32.0 Å². The Balaban J connectivity index is 0.00000288. The summed E-state index contributed by atoms with van der Waals surface area (Å²) in [5.74, 6) is 0. The molecule has 2 aromatic rings. The molecule has 0 aliphatic rings. The third-order valence-electron chi connectivity index (χ3n) is 3.89. The molecule has 134 valence electrons. The maximum absolute atomic E-state index is 12.5. The molecule has 1 unspecified atom stereocenters. The van der Waals surface area contributed by atoms with Crippen LogP contribution in [-0.4, -0.2) is 25.8 Å². The van der Waals surface area contributed by atoms with Crippen molar-refractivity contribution in [3.8, 4) is 0 Å².